The van der Waals surface area contributed by atoms with Gasteiger partial charge in [0.1, 0.15) is 5.75 Å². The second kappa shape index (κ2) is 8.33. The maximum Gasteiger partial charge on any atom is 0.387 e. The van der Waals surface area contributed by atoms with E-state index in [4.69, 9.17) is 11.6 Å². The topological polar surface area (TPSA) is 21.3 Å². The van der Waals surface area contributed by atoms with Crippen LogP contribution in [0.2, 0.25) is 5.02 Å². The quantitative estimate of drug-likeness (QED) is 0.755. The third-order valence-electron chi connectivity index (χ3n) is 2.95. The van der Waals surface area contributed by atoms with Gasteiger partial charge in [-0.25, -0.2) is 0 Å². The van der Waals surface area contributed by atoms with E-state index in [2.05, 4.69) is 23.9 Å². The second-order valence-corrected chi connectivity index (χ2v) is 4.84. The zero-order valence-corrected chi connectivity index (χ0v) is 12.0. The zero-order chi connectivity index (χ0) is 14.3. The second-order valence-electron chi connectivity index (χ2n) is 4.41. The first kappa shape index (κ1) is 16.2. The molecule has 1 unspecified atom stereocenters. The summed E-state index contributed by atoms with van der Waals surface area (Å²) in [6.07, 6.45) is 3.14. The molecule has 1 rings (SSSR count). The number of nitrogens with one attached hydrogen (secondary N) is 1. The van der Waals surface area contributed by atoms with E-state index < -0.39 is 6.61 Å². The summed E-state index contributed by atoms with van der Waals surface area (Å²) in [6.45, 7) is 1.87. The first-order chi connectivity index (χ1) is 9.06. The molecule has 0 aliphatic heterocycles. The molecule has 1 aromatic rings. The summed E-state index contributed by atoms with van der Waals surface area (Å²) in [4.78, 5) is 0. The molecular weight excluding hydrogens is 272 g/mol. The van der Waals surface area contributed by atoms with E-state index in [1.807, 2.05) is 0 Å². The van der Waals surface area contributed by atoms with Gasteiger partial charge in [0.15, 0.2) is 0 Å². The van der Waals surface area contributed by atoms with Gasteiger partial charge in [-0.1, -0.05) is 31.9 Å². The summed E-state index contributed by atoms with van der Waals surface area (Å²) in [7, 11) is 0. The lowest BCUT2D eigenvalue weighted by Gasteiger charge is -2.18. The molecule has 0 aliphatic carbocycles. The minimum atomic E-state index is -2.82. The van der Waals surface area contributed by atoms with Crippen molar-refractivity contribution in [3.05, 3.63) is 28.8 Å². The molecule has 0 saturated heterocycles. The largest absolute Gasteiger partial charge is 0.434 e. The van der Waals surface area contributed by atoms with Gasteiger partial charge >= 0.3 is 6.61 Å². The maximum atomic E-state index is 12.3. The fraction of sp³-hybridized carbons (Fsp3) is 0.571. The van der Waals surface area contributed by atoms with Crippen molar-refractivity contribution in [2.24, 2.45) is 0 Å². The van der Waals surface area contributed by atoms with Crippen LogP contribution in [0.5, 0.6) is 5.75 Å². The van der Waals surface area contributed by atoms with E-state index in [1.165, 1.54) is 6.07 Å². The molecule has 0 spiro atoms. The minimum Gasteiger partial charge on any atom is -0.434 e. The minimum absolute atomic E-state index is 0.179. The number of rotatable bonds is 8. The van der Waals surface area contributed by atoms with Crippen LogP contribution in [0.1, 0.15) is 38.7 Å². The molecule has 0 fully saturated rings. The third-order valence-corrected chi connectivity index (χ3v) is 3.18. The molecule has 0 heterocycles. The number of halogens is 3. The van der Waals surface area contributed by atoms with E-state index in [1.54, 1.807) is 12.1 Å². The van der Waals surface area contributed by atoms with Gasteiger partial charge in [-0.15, -0.1) is 0 Å². The summed E-state index contributed by atoms with van der Waals surface area (Å²) >= 11 is 5.89. The highest BCUT2D eigenvalue weighted by molar-refractivity contribution is 6.30. The van der Waals surface area contributed by atoms with Crippen molar-refractivity contribution in [2.45, 2.75) is 52.3 Å². The number of ether oxygens (including phenoxy) is 1. The third kappa shape index (κ3) is 5.74. The first-order valence-electron chi connectivity index (χ1n) is 6.53. The van der Waals surface area contributed by atoms with Gasteiger partial charge in [-0.3, -0.25) is 0 Å². The van der Waals surface area contributed by atoms with Crippen LogP contribution in [0.3, 0.4) is 0 Å². The molecule has 5 heteroatoms. The SMILES string of the molecule is CCCC(CC)NCc1cc(Cl)ccc1OC(F)F. The Labute approximate surface area is 118 Å². The van der Waals surface area contributed by atoms with E-state index in [9.17, 15) is 8.78 Å². The lowest BCUT2D eigenvalue weighted by Crippen LogP contribution is -2.28. The average Bonchev–Trinajstić information content (AvgIpc) is 2.36. The Morgan fingerprint density at radius 3 is 2.63 bits per heavy atom. The summed E-state index contributed by atoms with van der Waals surface area (Å²) < 4.78 is 29.1. The molecular formula is C14H20ClF2NO. The van der Waals surface area contributed by atoms with Crippen molar-refractivity contribution in [3.63, 3.8) is 0 Å². The molecule has 1 N–H and O–H groups in total. The summed E-state index contributed by atoms with van der Waals surface area (Å²) in [6, 6.07) is 5.06. The monoisotopic (exact) mass is 291 g/mol. The summed E-state index contributed by atoms with van der Waals surface area (Å²) in [5, 5.41) is 3.86. The molecule has 0 aromatic heterocycles. The van der Waals surface area contributed by atoms with Crippen molar-refractivity contribution < 1.29 is 13.5 Å². The average molecular weight is 292 g/mol. The van der Waals surface area contributed by atoms with E-state index in [0.29, 0.717) is 23.2 Å². The Hall–Kier alpha value is -0.870. The predicted octanol–water partition coefficient (Wildman–Crippen LogP) is 4.61. The van der Waals surface area contributed by atoms with Gasteiger partial charge < -0.3 is 10.1 Å². The summed E-state index contributed by atoms with van der Waals surface area (Å²) in [5.41, 5.74) is 0.655. The normalized spacial score (nSPS) is 12.7. The van der Waals surface area contributed by atoms with Crippen LogP contribution in [-0.4, -0.2) is 12.7 Å². The highest BCUT2D eigenvalue weighted by Crippen LogP contribution is 2.24. The number of hydrogen-bond donors (Lipinski definition) is 1. The molecule has 0 radical (unpaired) electrons. The van der Waals surface area contributed by atoms with Crippen LogP contribution >= 0.6 is 11.6 Å². The van der Waals surface area contributed by atoms with Crippen LogP contribution < -0.4 is 10.1 Å². The van der Waals surface area contributed by atoms with Gasteiger partial charge in [-0.05, 0) is 31.0 Å². The highest BCUT2D eigenvalue weighted by Gasteiger charge is 2.12. The van der Waals surface area contributed by atoms with Gasteiger partial charge in [-0.2, -0.15) is 8.78 Å². The van der Waals surface area contributed by atoms with E-state index >= 15 is 0 Å². The molecule has 108 valence electrons. The van der Waals surface area contributed by atoms with Gasteiger partial charge in [0.25, 0.3) is 0 Å². The molecule has 0 amide bonds. The van der Waals surface area contributed by atoms with Gasteiger partial charge in [0.2, 0.25) is 0 Å². The zero-order valence-electron chi connectivity index (χ0n) is 11.3. The van der Waals surface area contributed by atoms with Gasteiger partial charge in [0.05, 0.1) is 0 Å². The number of hydrogen-bond acceptors (Lipinski definition) is 2. The van der Waals surface area contributed by atoms with Crippen molar-refractivity contribution >= 4 is 11.6 Å². The van der Waals surface area contributed by atoms with Gasteiger partial charge in [0, 0.05) is 23.2 Å². The van der Waals surface area contributed by atoms with E-state index in [-0.39, 0.29) is 5.75 Å². The Morgan fingerprint density at radius 2 is 2.05 bits per heavy atom. The summed E-state index contributed by atoms with van der Waals surface area (Å²) in [5.74, 6) is 0.179. The maximum absolute atomic E-state index is 12.3. The van der Waals surface area contributed by atoms with Crippen LogP contribution in [0.4, 0.5) is 8.78 Å². The Morgan fingerprint density at radius 1 is 1.32 bits per heavy atom. The van der Waals surface area contributed by atoms with Crippen molar-refractivity contribution in [2.75, 3.05) is 0 Å². The fourth-order valence-electron chi connectivity index (χ4n) is 1.95. The van der Waals surface area contributed by atoms with Crippen molar-refractivity contribution in [1.82, 2.24) is 5.32 Å². The number of alkyl halides is 2. The first-order valence-corrected chi connectivity index (χ1v) is 6.91. The van der Waals surface area contributed by atoms with Crippen LogP contribution in [-0.2, 0) is 6.54 Å². The standard InChI is InChI=1S/C14H20ClF2NO/c1-3-5-12(4-2)18-9-10-8-11(15)6-7-13(10)19-14(16)17/h6-8,12,14,18H,3-5,9H2,1-2H3. The number of benzene rings is 1. The van der Waals surface area contributed by atoms with E-state index in [0.717, 1.165) is 19.3 Å². The Bertz CT molecular complexity index is 388. The Kier molecular flexibility index (Phi) is 7.10. The molecule has 1 atom stereocenters. The fourth-order valence-corrected chi connectivity index (χ4v) is 2.15. The van der Waals surface area contributed by atoms with Crippen molar-refractivity contribution in [1.29, 1.82) is 0 Å². The van der Waals surface area contributed by atoms with Crippen LogP contribution in [0.25, 0.3) is 0 Å². The molecule has 19 heavy (non-hydrogen) atoms. The lowest BCUT2D eigenvalue weighted by atomic mass is 10.1. The smallest absolute Gasteiger partial charge is 0.387 e. The molecule has 0 saturated carbocycles. The van der Waals surface area contributed by atoms with Crippen LogP contribution in [0, 0.1) is 0 Å². The predicted molar refractivity (Wildman–Crippen MR) is 73.9 cm³/mol. The lowest BCUT2D eigenvalue weighted by molar-refractivity contribution is -0.0505. The highest BCUT2D eigenvalue weighted by atomic mass is 35.5. The molecule has 0 bridgehead atoms. The van der Waals surface area contributed by atoms with Crippen LogP contribution in [0.15, 0.2) is 18.2 Å². The molecule has 2 nitrogen and oxygen atoms in total. The molecule has 0 aliphatic rings. The molecule has 1 aromatic carbocycles. The Balaban J connectivity index is 2.71. The van der Waals surface area contributed by atoms with Crippen molar-refractivity contribution in [3.8, 4) is 5.75 Å².